The third-order valence-electron chi connectivity index (χ3n) is 3.23. The van der Waals surface area contributed by atoms with E-state index in [2.05, 4.69) is 26.6 Å². The molecule has 0 bridgehead atoms. The predicted octanol–water partition coefficient (Wildman–Crippen LogP) is 4.53. The Kier molecular flexibility index (Phi) is 6.28. The standard InChI is InChI=1S/C17H18BrClN2O/c1-12-6-7-16(14(18)10-12)20-9-8-17(22)21-11-13-4-2-3-5-15(13)19/h2-7,10,20H,8-9,11H2,1H3,(H,21,22). The number of halogens is 2. The van der Waals surface area contributed by atoms with E-state index in [0.29, 0.717) is 24.5 Å². The lowest BCUT2D eigenvalue weighted by molar-refractivity contribution is -0.121. The lowest BCUT2D eigenvalue weighted by Gasteiger charge is -2.10. The largest absolute Gasteiger partial charge is 0.384 e. The molecule has 2 rings (SSSR count). The van der Waals surface area contributed by atoms with Gasteiger partial charge in [-0.1, -0.05) is 35.9 Å². The molecule has 0 saturated heterocycles. The highest BCUT2D eigenvalue weighted by atomic mass is 79.9. The summed E-state index contributed by atoms with van der Waals surface area (Å²) in [6, 6.07) is 13.6. The fraction of sp³-hybridized carbons (Fsp3) is 0.235. The van der Waals surface area contributed by atoms with Crippen LogP contribution in [0.1, 0.15) is 17.5 Å². The van der Waals surface area contributed by atoms with Gasteiger partial charge in [0.2, 0.25) is 5.91 Å². The van der Waals surface area contributed by atoms with Crippen molar-refractivity contribution in [3.63, 3.8) is 0 Å². The predicted molar refractivity (Wildman–Crippen MR) is 95.3 cm³/mol. The number of carbonyl (C=O) groups is 1. The van der Waals surface area contributed by atoms with Crippen molar-refractivity contribution in [2.75, 3.05) is 11.9 Å². The minimum Gasteiger partial charge on any atom is -0.384 e. The van der Waals surface area contributed by atoms with E-state index in [9.17, 15) is 4.79 Å². The Balaban J connectivity index is 1.75. The van der Waals surface area contributed by atoms with Crippen LogP contribution in [0.5, 0.6) is 0 Å². The first-order chi connectivity index (χ1) is 10.6. The first-order valence-corrected chi connectivity index (χ1v) is 8.23. The molecule has 0 aromatic heterocycles. The van der Waals surface area contributed by atoms with E-state index in [-0.39, 0.29) is 5.91 Å². The van der Waals surface area contributed by atoms with Gasteiger partial charge in [-0.2, -0.15) is 0 Å². The van der Waals surface area contributed by atoms with E-state index in [4.69, 9.17) is 11.6 Å². The van der Waals surface area contributed by atoms with Crippen molar-refractivity contribution < 1.29 is 4.79 Å². The summed E-state index contributed by atoms with van der Waals surface area (Å²) >= 11 is 9.56. The smallest absolute Gasteiger partial charge is 0.222 e. The minimum absolute atomic E-state index is 0.00402. The molecule has 0 heterocycles. The molecule has 3 nitrogen and oxygen atoms in total. The van der Waals surface area contributed by atoms with Crippen molar-refractivity contribution >= 4 is 39.1 Å². The van der Waals surface area contributed by atoms with E-state index < -0.39 is 0 Å². The lowest BCUT2D eigenvalue weighted by atomic mass is 10.2. The quantitative estimate of drug-likeness (QED) is 0.772. The molecule has 0 unspecified atom stereocenters. The number of amides is 1. The SMILES string of the molecule is Cc1ccc(NCCC(=O)NCc2ccccc2Cl)c(Br)c1. The molecule has 0 atom stereocenters. The van der Waals surface area contributed by atoms with Crippen LogP contribution in [0.3, 0.4) is 0 Å². The zero-order valence-electron chi connectivity index (χ0n) is 12.3. The van der Waals surface area contributed by atoms with Gasteiger partial charge >= 0.3 is 0 Å². The third kappa shape index (κ3) is 5.04. The number of hydrogen-bond donors (Lipinski definition) is 2. The van der Waals surface area contributed by atoms with Crippen molar-refractivity contribution in [3.8, 4) is 0 Å². The maximum atomic E-state index is 11.9. The Morgan fingerprint density at radius 2 is 2.00 bits per heavy atom. The van der Waals surface area contributed by atoms with E-state index in [1.165, 1.54) is 5.56 Å². The number of rotatable bonds is 6. The topological polar surface area (TPSA) is 41.1 Å². The Morgan fingerprint density at radius 3 is 2.73 bits per heavy atom. The molecular weight excluding hydrogens is 364 g/mol. The molecule has 0 saturated carbocycles. The highest BCUT2D eigenvalue weighted by Gasteiger charge is 2.04. The van der Waals surface area contributed by atoms with Crippen LogP contribution in [0.2, 0.25) is 5.02 Å². The second kappa shape index (κ2) is 8.20. The molecule has 0 aliphatic carbocycles. The summed E-state index contributed by atoms with van der Waals surface area (Å²) < 4.78 is 1.00. The second-order valence-corrected chi connectivity index (χ2v) is 6.29. The molecule has 0 aliphatic rings. The molecule has 1 amide bonds. The van der Waals surface area contributed by atoms with Gasteiger partial charge in [0.25, 0.3) is 0 Å². The van der Waals surface area contributed by atoms with Crippen LogP contribution in [-0.2, 0) is 11.3 Å². The summed E-state index contributed by atoms with van der Waals surface area (Å²) in [5.41, 5.74) is 3.10. The summed E-state index contributed by atoms with van der Waals surface area (Å²) in [7, 11) is 0. The Bertz CT molecular complexity index is 661. The van der Waals surface area contributed by atoms with Gasteiger partial charge in [0, 0.05) is 34.7 Å². The van der Waals surface area contributed by atoms with Crippen LogP contribution < -0.4 is 10.6 Å². The molecule has 0 fully saturated rings. The lowest BCUT2D eigenvalue weighted by Crippen LogP contribution is -2.25. The Hall–Kier alpha value is -1.52. The maximum Gasteiger partial charge on any atom is 0.222 e. The van der Waals surface area contributed by atoms with Crippen molar-refractivity contribution in [2.24, 2.45) is 0 Å². The van der Waals surface area contributed by atoms with Crippen molar-refractivity contribution in [2.45, 2.75) is 19.9 Å². The van der Waals surface area contributed by atoms with E-state index in [1.54, 1.807) is 0 Å². The van der Waals surface area contributed by atoms with E-state index in [1.807, 2.05) is 49.4 Å². The second-order valence-electron chi connectivity index (χ2n) is 5.03. The number of benzene rings is 2. The fourth-order valence-corrected chi connectivity index (χ4v) is 2.83. The highest BCUT2D eigenvalue weighted by Crippen LogP contribution is 2.23. The summed E-state index contributed by atoms with van der Waals surface area (Å²) in [5.74, 6) is -0.00402. The van der Waals surface area contributed by atoms with Gasteiger partial charge < -0.3 is 10.6 Å². The average Bonchev–Trinajstić information content (AvgIpc) is 2.49. The molecular formula is C17H18BrClN2O. The monoisotopic (exact) mass is 380 g/mol. The van der Waals surface area contributed by atoms with Crippen LogP contribution in [0.25, 0.3) is 0 Å². The number of carbonyl (C=O) groups excluding carboxylic acids is 1. The zero-order valence-corrected chi connectivity index (χ0v) is 14.7. The minimum atomic E-state index is -0.00402. The average molecular weight is 382 g/mol. The Morgan fingerprint density at radius 1 is 1.23 bits per heavy atom. The van der Waals surface area contributed by atoms with Gasteiger partial charge in [-0.05, 0) is 52.2 Å². The number of anilines is 1. The fourth-order valence-electron chi connectivity index (χ4n) is 2.00. The van der Waals surface area contributed by atoms with E-state index in [0.717, 1.165) is 15.7 Å². The van der Waals surface area contributed by atoms with Gasteiger partial charge in [-0.3, -0.25) is 4.79 Å². The van der Waals surface area contributed by atoms with Gasteiger partial charge in [0.05, 0.1) is 0 Å². The van der Waals surface area contributed by atoms with Gasteiger partial charge in [-0.25, -0.2) is 0 Å². The first kappa shape index (κ1) is 16.8. The summed E-state index contributed by atoms with van der Waals surface area (Å²) in [4.78, 5) is 11.9. The van der Waals surface area contributed by atoms with Gasteiger partial charge in [0.15, 0.2) is 0 Å². The van der Waals surface area contributed by atoms with Crippen molar-refractivity contribution in [3.05, 3.63) is 63.1 Å². The van der Waals surface area contributed by atoms with Crippen LogP contribution in [-0.4, -0.2) is 12.5 Å². The molecule has 0 radical (unpaired) electrons. The van der Waals surface area contributed by atoms with Gasteiger partial charge in [-0.15, -0.1) is 0 Å². The molecule has 116 valence electrons. The molecule has 22 heavy (non-hydrogen) atoms. The van der Waals surface area contributed by atoms with Crippen LogP contribution in [0, 0.1) is 6.92 Å². The zero-order chi connectivity index (χ0) is 15.9. The van der Waals surface area contributed by atoms with Crippen molar-refractivity contribution in [1.82, 2.24) is 5.32 Å². The molecule has 0 spiro atoms. The molecule has 5 heteroatoms. The highest BCUT2D eigenvalue weighted by molar-refractivity contribution is 9.10. The van der Waals surface area contributed by atoms with Gasteiger partial charge in [0.1, 0.15) is 0 Å². The summed E-state index contributed by atoms with van der Waals surface area (Å²) in [6.45, 7) is 3.07. The van der Waals surface area contributed by atoms with Crippen LogP contribution in [0.4, 0.5) is 5.69 Å². The molecule has 0 aliphatic heterocycles. The number of aryl methyl sites for hydroxylation is 1. The summed E-state index contributed by atoms with van der Waals surface area (Å²) in [6.07, 6.45) is 0.408. The normalized spacial score (nSPS) is 10.3. The van der Waals surface area contributed by atoms with Crippen LogP contribution >= 0.6 is 27.5 Å². The third-order valence-corrected chi connectivity index (χ3v) is 4.25. The first-order valence-electron chi connectivity index (χ1n) is 7.06. The number of hydrogen-bond acceptors (Lipinski definition) is 2. The molecule has 2 aromatic rings. The summed E-state index contributed by atoms with van der Waals surface area (Å²) in [5, 5.41) is 6.79. The molecule has 2 aromatic carbocycles. The number of nitrogens with one attached hydrogen (secondary N) is 2. The molecule has 2 N–H and O–H groups in total. The van der Waals surface area contributed by atoms with E-state index >= 15 is 0 Å². The van der Waals surface area contributed by atoms with Crippen molar-refractivity contribution in [1.29, 1.82) is 0 Å². The maximum absolute atomic E-state index is 11.9. The Labute approximate surface area is 144 Å². The van der Waals surface area contributed by atoms with Crippen LogP contribution in [0.15, 0.2) is 46.9 Å².